The zero-order valence-corrected chi connectivity index (χ0v) is 12.4. The van der Waals surface area contributed by atoms with Crippen LogP contribution in [-0.4, -0.2) is 16.1 Å². The molecule has 2 aromatic rings. The van der Waals surface area contributed by atoms with Gasteiger partial charge in [-0.3, -0.25) is 4.79 Å². The maximum atomic E-state index is 12.0. The highest BCUT2D eigenvalue weighted by Gasteiger charge is 2.11. The number of nitriles is 1. The largest absolute Gasteiger partial charge is 0.506 e. The van der Waals surface area contributed by atoms with E-state index in [1.54, 1.807) is 36.4 Å². The molecule has 2 aromatic carbocycles. The van der Waals surface area contributed by atoms with Crippen LogP contribution < -0.4 is 10.6 Å². The van der Waals surface area contributed by atoms with Crippen LogP contribution in [0.5, 0.6) is 11.5 Å². The van der Waals surface area contributed by atoms with Crippen molar-refractivity contribution in [2.24, 2.45) is 0 Å². The van der Waals surface area contributed by atoms with Crippen LogP contribution in [0.1, 0.15) is 5.56 Å². The van der Waals surface area contributed by atoms with Gasteiger partial charge in [0.25, 0.3) is 5.91 Å². The number of benzene rings is 2. The molecule has 0 spiro atoms. The molecular formula is C17H15N3O3. The molecule has 0 heterocycles. The fourth-order valence-electron chi connectivity index (χ4n) is 1.83. The van der Waals surface area contributed by atoms with Crippen LogP contribution in [0, 0.1) is 18.3 Å². The average Bonchev–Trinajstić information content (AvgIpc) is 2.52. The Kier molecular flexibility index (Phi) is 4.85. The van der Waals surface area contributed by atoms with E-state index in [1.807, 2.05) is 6.92 Å². The number of rotatable bonds is 4. The first kappa shape index (κ1) is 15.9. The van der Waals surface area contributed by atoms with Crippen LogP contribution in [0.15, 0.2) is 54.2 Å². The molecule has 1 amide bonds. The summed E-state index contributed by atoms with van der Waals surface area (Å²) in [7, 11) is 0. The summed E-state index contributed by atoms with van der Waals surface area (Å²) in [6.45, 7) is 1.83. The molecule has 0 aliphatic carbocycles. The van der Waals surface area contributed by atoms with Gasteiger partial charge in [0.15, 0.2) is 0 Å². The molecule has 23 heavy (non-hydrogen) atoms. The fraction of sp³-hybridized carbons (Fsp3) is 0.0588. The van der Waals surface area contributed by atoms with Crippen molar-refractivity contribution in [2.75, 3.05) is 10.6 Å². The van der Waals surface area contributed by atoms with Crippen molar-refractivity contribution in [1.82, 2.24) is 0 Å². The molecule has 4 N–H and O–H groups in total. The molecule has 6 nitrogen and oxygen atoms in total. The monoisotopic (exact) mass is 309 g/mol. The Morgan fingerprint density at radius 2 is 1.87 bits per heavy atom. The summed E-state index contributed by atoms with van der Waals surface area (Å²) >= 11 is 0. The van der Waals surface area contributed by atoms with E-state index in [4.69, 9.17) is 5.26 Å². The minimum Gasteiger partial charge on any atom is -0.506 e. The second-order valence-electron chi connectivity index (χ2n) is 4.81. The highest BCUT2D eigenvalue weighted by atomic mass is 16.3. The highest BCUT2D eigenvalue weighted by Crippen LogP contribution is 2.24. The molecule has 116 valence electrons. The van der Waals surface area contributed by atoms with Crippen LogP contribution >= 0.6 is 0 Å². The number of para-hydroxylation sites is 2. The Labute approximate surface area is 133 Å². The minimum absolute atomic E-state index is 0.0136. The number of carbonyl (C=O) groups is 1. The number of aryl methyl sites for hydroxylation is 1. The van der Waals surface area contributed by atoms with Crippen LogP contribution in [0.25, 0.3) is 0 Å². The summed E-state index contributed by atoms with van der Waals surface area (Å²) in [5.41, 5.74) is 1.26. The van der Waals surface area contributed by atoms with Gasteiger partial charge in [-0.15, -0.1) is 0 Å². The maximum absolute atomic E-state index is 12.0. The first-order valence-electron chi connectivity index (χ1n) is 6.77. The van der Waals surface area contributed by atoms with Crippen molar-refractivity contribution in [2.45, 2.75) is 6.92 Å². The number of phenols is 2. The third kappa shape index (κ3) is 4.02. The quantitative estimate of drug-likeness (QED) is 0.395. The molecule has 0 radical (unpaired) electrons. The lowest BCUT2D eigenvalue weighted by molar-refractivity contribution is -0.112. The van der Waals surface area contributed by atoms with Crippen molar-refractivity contribution in [3.8, 4) is 17.6 Å². The number of carbonyl (C=O) groups excluding carboxylic acids is 1. The highest BCUT2D eigenvalue weighted by molar-refractivity contribution is 6.07. The van der Waals surface area contributed by atoms with Gasteiger partial charge in [-0.25, -0.2) is 0 Å². The second-order valence-corrected chi connectivity index (χ2v) is 4.81. The van der Waals surface area contributed by atoms with E-state index >= 15 is 0 Å². The second kappa shape index (κ2) is 7.00. The van der Waals surface area contributed by atoms with Gasteiger partial charge in [-0.2, -0.15) is 5.26 Å². The van der Waals surface area contributed by atoms with E-state index in [2.05, 4.69) is 10.6 Å². The molecule has 0 aromatic heterocycles. The van der Waals surface area contributed by atoms with Gasteiger partial charge in [0.05, 0.1) is 11.4 Å². The van der Waals surface area contributed by atoms with Gasteiger partial charge in [-0.1, -0.05) is 18.2 Å². The molecule has 0 aliphatic heterocycles. The zero-order chi connectivity index (χ0) is 16.8. The lowest BCUT2D eigenvalue weighted by Crippen LogP contribution is -2.14. The molecule has 0 fully saturated rings. The van der Waals surface area contributed by atoms with Crippen molar-refractivity contribution in [3.05, 3.63) is 59.8 Å². The van der Waals surface area contributed by atoms with Crippen molar-refractivity contribution < 1.29 is 15.0 Å². The molecule has 2 rings (SSSR count). The smallest absolute Gasteiger partial charge is 0.267 e. The first-order valence-corrected chi connectivity index (χ1v) is 6.77. The maximum Gasteiger partial charge on any atom is 0.267 e. The molecule has 0 unspecified atom stereocenters. The normalized spacial score (nSPS) is 10.7. The van der Waals surface area contributed by atoms with Gasteiger partial charge in [0.1, 0.15) is 23.1 Å². The number of anilines is 2. The predicted molar refractivity (Wildman–Crippen MR) is 86.9 cm³/mol. The van der Waals surface area contributed by atoms with Crippen LogP contribution in [-0.2, 0) is 4.79 Å². The fourth-order valence-corrected chi connectivity index (χ4v) is 1.83. The van der Waals surface area contributed by atoms with Crippen LogP contribution in [0.3, 0.4) is 0 Å². The molecule has 0 saturated carbocycles. The number of amides is 1. The third-order valence-electron chi connectivity index (χ3n) is 3.04. The number of hydrogen-bond donors (Lipinski definition) is 4. The number of nitrogens with zero attached hydrogens (tertiary/aromatic N) is 1. The standard InChI is InChI=1S/C17H15N3O3/c1-11-6-7-13(16(22)8-11)19-10-12(9-18)17(23)20-14-4-2-3-5-15(14)21/h2-8,10,19,21-22H,1H3,(H,20,23)/b12-10-. The first-order chi connectivity index (χ1) is 11.0. The summed E-state index contributed by atoms with van der Waals surface area (Å²) in [5, 5.41) is 33.6. The Balaban J connectivity index is 2.14. The topological polar surface area (TPSA) is 105 Å². The minimum atomic E-state index is -0.673. The van der Waals surface area contributed by atoms with Gasteiger partial charge in [-0.05, 0) is 36.8 Å². The number of nitrogens with one attached hydrogen (secondary N) is 2. The van der Waals surface area contributed by atoms with E-state index in [0.717, 1.165) is 5.56 Å². The molecule has 0 bridgehead atoms. The van der Waals surface area contributed by atoms with E-state index < -0.39 is 5.91 Å². The van der Waals surface area contributed by atoms with Crippen LogP contribution in [0.2, 0.25) is 0 Å². The van der Waals surface area contributed by atoms with Gasteiger partial charge in [0.2, 0.25) is 0 Å². The SMILES string of the molecule is Cc1ccc(N/C=C(/C#N)C(=O)Nc2ccccc2O)c(O)c1. The Morgan fingerprint density at radius 1 is 1.13 bits per heavy atom. The Bertz CT molecular complexity index is 807. The van der Waals surface area contributed by atoms with Crippen LogP contribution in [0.4, 0.5) is 11.4 Å². The van der Waals surface area contributed by atoms with E-state index in [-0.39, 0.29) is 22.8 Å². The number of hydrogen-bond acceptors (Lipinski definition) is 5. The third-order valence-corrected chi connectivity index (χ3v) is 3.04. The molecule has 0 saturated heterocycles. The molecule has 6 heteroatoms. The summed E-state index contributed by atoms with van der Waals surface area (Å²) < 4.78 is 0. The van der Waals surface area contributed by atoms with E-state index in [1.165, 1.54) is 18.3 Å². The number of phenolic OH excluding ortho intramolecular Hbond substituents is 2. The van der Waals surface area contributed by atoms with Crippen molar-refractivity contribution in [1.29, 1.82) is 5.26 Å². The van der Waals surface area contributed by atoms with Crippen molar-refractivity contribution >= 4 is 17.3 Å². The van der Waals surface area contributed by atoms with Gasteiger partial charge >= 0.3 is 0 Å². The lowest BCUT2D eigenvalue weighted by Gasteiger charge is -2.08. The summed E-state index contributed by atoms with van der Waals surface area (Å²) in [6, 6.07) is 12.9. The summed E-state index contributed by atoms with van der Waals surface area (Å²) in [6.07, 6.45) is 1.19. The van der Waals surface area contributed by atoms with Gasteiger partial charge in [0, 0.05) is 6.20 Å². The van der Waals surface area contributed by atoms with Crippen molar-refractivity contribution in [3.63, 3.8) is 0 Å². The molecular weight excluding hydrogens is 294 g/mol. The summed E-state index contributed by atoms with van der Waals surface area (Å²) in [4.78, 5) is 12.0. The lowest BCUT2D eigenvalue weighted by atomic mass is 10.2. The number of aromatic hydroxyl groups is 2. The predicted octanol–water partition coefficient (Wildman–Crippen LogP) is 2.86. The molecule has 0 atom stereocenters. The molecule has 0 aliphatic rings. The average molecular weight is 309 g/mol. The Morgan fingerprint density at radius 3 is 2.52 bits per heavy atom. The Hall–Kier alpha value is -3.46. The van der Waals surface area contributed by atoms with E-state index in [9.17, 15) is 15.0 Å². The van der Waals surface area contributed by atoms with Gasteiger partial charge < -0.3 is 20.8 Å². The zero-order valence-electron chi connectivity index (χ0n) is 12.4. The summed E-state index contributed by atoms with van der Waals surface area (Å²) in [5.74, 6) is -0.755. The van der Waals surface area contributed by atoms with E-state index in [0.29, 0.717) is 5.69 Å².